The summed E-state index contributed by atoms with van der Waals surface area (Å²) in [6.07, 6.45) is 7.79. The summed E-state index contributed by atoms with van der Waals surface area (Å²) < 4.78 is 0. The molecule has 1 aromatic heterocycles. The molecule has 1 aromatic rings. The molecule has 2 rings (SSSR count). The van der Waals surface area contributed by atoms with Crippen molar-refractivity contribution in [2.45, 2.75) is 63.8 Å². The van der Waals surface area contributed by atoms with Gasteiger partial charge in [-0.05, 0) is 19.3 Å². The number of nitrogens with zero attached hydrogens (tertiary/aromatic N) is 1. The van der Waals surface area contributed by atoms with Crippen LogP contribution in [0.5, 0.6) is 0 Å². The fraction of sp³-hybridized carbons (Fsp3) is 0.714. The SMILES string of the molecule is CCCc1cc(NC(=O)CC2(N)CCCCC2)n[nH]1. The van der Waals surface area contributed by atoms with Crippen LogP contribution in [-0.2, 0) is 11.2 Å². The second-order valence-electron chi connectivity index (χ2n) is 5.68. The number of anilines is 1. The van der Waals surface area contributed by atoms with Crippen molar-refractivity contribution in [3.63, 3.8) is 0 Å². The lowest BCUT2D eigenvalue weighted by molar-refractivity contribution is -0.117. The zero-order valence-electron chi connectivity index (χ0n) is 11.7. The maximum atomic E-state index is 12.0. The van der Waals surface area contributed by atoms with Gasteiger partial charge in [-0.15, -0.1) is 0 Å². The highest BCUT2D eigenvalue weighted by atomic mass is 16.1. The maximum Gasteiger partial charge on any atom is 0.227 e. The molecule has 0 unspecified atom stereocenters. The molecule has 0 saturated heterocycles. The van der Waals surface area contributed by atoms with Crippen molar-refractivity contribution >= 4 is 11.7 Å². The van der Waals surface area contributed by atoms with Crippen LogP contribution in [0.4, 0.5) is 5.82 Å². The summed E-state index contributed by atoms with van der Waals surface area (Å²) >= 11 is 0. The first-order valence-electron chi connectivity index (χ1n) is 7.24. The molecule has 0 aromatic carbocycles. The second kappa shape index (κ2) is 6.19. The van der Waals surface area contributed by atoms with Crippen molar-refractivity contribution in [1.29, 1.82) is 0 Å². The van der Waals surface area contributed by atoms with Crippen LogP contribution in [-0.4, -0.2) is 21.6 Å². The molecule has 19 heavy (non-hydrogen) atoms. The van der Waals surface area contributed by atoms with Crippen molar-refractivity contribution in [3.8, 4) is 0 Å². The third-order valence-electron chi connectivity index (χ3n) is 3.78. The summed E-state index contributed by atoms with van der Waals surface area (Å²) in [6, 6.07) is 1.89. The number of aryl methyl sites for hydroxylation is 1. The average molecular weight is 264 g/mol. The van der Waals surface area contributed by atoms with Gasteiger partial charge in [-0.1, -0.05) is 32.6 Å². The van der Waals surface area contributed by atoms with Gasteiger partial charge in [-0.3, -0.25) is 9.89 Å². The Kier molecular flexibility index (Phi) is 4.58. The smallest absolute Gasteiger partial charge is 0.227 e. The molecule has 106 valence electrons. The standard InChI is InChI=1S/C14H24N4O/c1-2-6-11-9-12(18-17-11)16-13(19)10-14(15)7-4-3-5-8-14/h9H,2-8,10,15H2,1H3,(H2,16,17,18,19). The third kappa shape index (κ3) is 4.06. The maximum absolute atomic E-state index is 12.0. The Balaban J connectivity index is 1.86. The molecule has 0 bridgehead atoms. The van der Waals surface area contributed by atoms with Gasteiger partial charge in [0, 0.05) is 23.7 Å². The molecule has 4 N–H and O–H groups in total. The summed E-state index contributed by atoms with van der Waals surface area (Å²) in [5.74, 6) is 0.576. The molecule has 0 atom stereocenters. The van der Waals surface area contributed by atoms with E-state index in [0.717, 1.165) is 44.2 Å². The number of aromatic nitrogens is 2. The van der Waals surface area contributed by atoms with E-state index in [1.165, 1.54) is 6.42 Å². The molecule has 1 aliphatic rings. The highest BCUT2D eigenvalue weighted by molar-refractivity contribution is 5.90. The summed E-state index contributed by atoms with van der Waals surface area (Å²) in [5, 5.41) is 9.85. The molecular weight excluding hydrogens is 240 g/mol. The van der Waals surface area contributed by atoms with Crippen molar-refractivity contribution in [1.82, 2.24) is 10.2 Å². The minimum Gasteiger partial charge on any atom is -0.325 e. The quantitative estimate of drug-likeness (QED) is 0.763. The molecule has 1 aliphatic carbocycles. The van der Waals surface area contributed by atoms with E-state index in [2.05, 4.69) is 22.4 Å². The lowest BCUT2D eigenvalue weighted by atomic mass is 9.80. The Labute approximate surface area is 114 Å². The van der Waals surface area contributed by atoms with Crippen LogP contribution in [0.2, 0.25) is 0 Å². The van der Waals surface area contributed by atoms with E-state index in [9.17, 15) is 4.79 Å². The Morgan fingerprint density at radius 2 is 2.21 bits per heavy atom. The van der Waals surface area contributed by atoms with Gasteiger partial charge in [0.1, 0.15) is 0 Å². The highest BCUT2D eigenvalue weighted by Crippen LogP contribution is 2.28. The van der Waals surface area contributed by atoms with Crippen LogP contribution in [0, 0.1) is 0 Å². The van der Waals surface area contributed by atoms with Gasteiger partial charge in [-0.2, -0.15) is 5.10 Å². The Bertz CT molecular complexity index is 421. The number of nitrogens with one attached hydrogen (secondary N) is 2. The first kappa shape index (κ1) is 14.1. The second-order valence-corrected chi connectivity index (χ2v) is 5.68. The lowest BCUT2D eigenvalue weighted by Gasteiger charge is -2.32. The fourth-order valence-corrected chi connectivity index (χ4v) is 2.76. The topological polar surface area (TPSA) is 83.8 Å². The zero-order chi connectivity index (χ0) is 13.7. The molecule has 1 amide bonds. The van der Waals surface area contributed by atoms with Gasteiger partial charge >= 0.3 is 0 Å². The van der Waals surface area contributed by atoms with Crippen LogP contribution in [0.3, 0.4) is 0 Å². The number of hydrogen-bond donors (Lipinski definition) is 3. The summed E-state index contributed by atoms with van der Waals surface area (Å²) in [5.41, 5.74) is 7.02. The monoisotopic (exact) mass is 264 g/mol. The molecule has 1 heterocycles. The van der Waals surface area contributed by atoms with Gasteiger partial charge in [0.25, 0.3) is 0 Å². The third-order valence-corrected chi connectivity index (χ3v) is 3.78. The molecule has 0 radical (unpaired) electrons. The molecule has 0 aliphatic heterocycles. The predicted molar refractivity (Wildman–Crippen MR) is 75.8 cm³/mol. The molecule has 1 saturated carbocycles. The van der Waals surface area contributed by atoms with Crippen molar-refractivity contribution < 1.29 is 4.79 Å². The number of nitrogens with two attached hydrogens (primary N) is 1. The van der Waals surface area contributed by atoms with Gasteiger partial charge in [0.15, 0.2) is 5.82 Å². The minimum atomic E-state index is -0.315. The summed E-state index contributed by atoms with van der Waals surface area (Å²) in [4.78, 5) is 12.0. The average Bonchev–Trinajstić information content (AvgIpc) is 2.77. The predicted octanol–water partition coefficient (Wildman–Crippen LogP) is 2.35. The van der Waals surface area contributed by atoms with Crippen LogP contribution >= 0.6 is 0 Å². The van der Waals surface area contributed by atoms with E-state index in [1.807, 2.05) is 6.07 Å². The van der Waals surface area contributed by atoms with E-state index < -0.39 is 0 Å². The number of aromatic amines is 1. The fourth-order valence-electron chi connectivity index (χ4n) is 2.76. The lowest BCUT2D eigenvalue weighted by Crippen LogP contribution is -2.44. The Morgan fingerprint density at radius 1 is 1.47 bits per heavy atom. The van der Waals surface area contributed by atoms with Crippen LogP contribution in [0.15, 0.2) is 6.07 Å². The normalized spacial score (nSPS) is 18.2. The number of hydrogen-bond acceptors (Lipinski definition) is 3. The van der Waals surface area contributed by atoms with Crippen LogP contribution in [0.1, 0.15) is 57.6 Å². The minimum absolute atomic E-state index is 0.0288. The molecule has 5 heteroatoms. The number of amides is 1. The van der Waals surface area contributed by atoms with E-state index in [-0.39, 0.29) is 11.4 Å². The first-order valence-corrected chi connectivity index (χ1v) is 7.24. The van der Waals surface area contributed by atoms with Crippen molar-refractivity contribution in [2.75, 3.05) is 5.32 Å². The van der Waals surface area contributed by atoms with Crippen molar-refractivity contribution in [3.05, 3.63) is 11.8 Å². The largest absolute Gasteiger partial charge is 0.325 e. The molecule has 5 nitrogen and oxygen atoms in total. The van der Waals surface area contributed by atoms with E-state index in [1.54, 1.807) is 0 Å². The molecular formula is C14H24N4O. The summed E-state index contributed by atoms with van der Waals surface area (Å²) in [6.45, 7) is 2.11. The van der Waals surface area contributed by atoms with Gasteiger partial charge in [-0.25, -0.2) is 0 Å². The Morgan fingerprint density at radius 3 is 2.89 bits per heavy atom. The van der Waals surface area contributed by atoms with E-state index in [0.29, 0.717) is 12.2 Å². The van der Waals surface area contributed by atoms with E-state index in [4.69, 9.17) is 5.73 Å². The number of carbonyl (C=O) groups excluding carboxylic acids is 1. The summed E-state index contributed by atoms with van der Waals surface area (Å²) in [7, 11) is 0. The van der Waals surface area contributed by atoms with Crippen molar-refractivity contribution in [2.24, 2.45) is 5.73 Å². The Hall–Kier alpha value is -1.36. The van der Waals surface area contributed by atoms with Gasteiger partial charge in [0.2, 0.25) is 5.91 Å². The van der Waals surface area contributed by atoms with Gasteiger partial charge < -0.3 is 11.1 Å². The highest BCUT2D eigenvalue weighted by Gasteiger charge is 2.30. The molecule has 1 fully saturated rings. The number of rotatable bonds is 5. The first-order chi connectivity index (χ1) is 9.11. The van der Waals surface area contributed by atoms with Crippen LogP contribution in [0.25, 0.3) is 0 Å². The van der Waals surface area contributed by atoms with Crippen LogP contribution < -0.4 is 11.1 Å². The molecule has 0 spiro atoms. The number of H-pyrrole nitrogens is 1. The van der Waals surface area contributed by atoms with Gasteiger partial charge in [0.05, 0.1) is 0 Å². The number of carbonyl (C=O) groups is 1. The zero-order valence-corrected chi connectivity index (χ0v) is 11.7. The van der Waals surface area contributed by atoms with E-state index >= 15 is 0 Å².